The van der Waals surface area contributed by atoms with E-state index in [1.165, 1.54) is 18.4 Å². The molecule has 20 heavy (non-hydrogen) atoms. The molecule has 2 aliphatic rings. The number of aromatic amines is 1. The molecule has 1 unspecified atom stereocenters. The van der Waals surface area contributed by atoms with Crippen LogP contribution in [-0.4, -0.2) is 41.3 Å². The average molecular weight is 272 g/mol. The van der Waals surface area contributed by atoms with Crippen LogP contribution in [0.5, 0.6) is 0 Å². The van der Waals surface area contributed by atoms with Crippen molar-refractivity contribution in [3.63, 3.8) is 0 Å². The molecule has 4 rings (SSSR count). The average Bonchev–Trinajstić information content (AvgIpc) is 3.16. The summed E-state index contributed by atoms with van der Waals surface area (Å²) in [5.74, 6) is 2.08. The third-order valence-electron chi connectivity index (χ3n) is 4.54. The lowest BCUT2D eigenvalue weighted by molar-refractivity contribution is 0.193. The Morgan fingerprint density at radius 3 is 2.85 bits per heavy atom. The summed E-state index contributed by atoms with van der Waals surface area (Å²) in [7, 11) is 0. The number of rotatable bonds is 2. The van der Waals surface area contributed by atoms with Crippen LogP contribution in [0, 0.1) is 0 Å². The fourth-order valence-corrected chi connectivity index (χ4v) is 3.36. The Hall–Kier alpha value is -1.46. The maximum Gasteiger partial charge on any atom is 0.177 e. The van der Waals surface area contributed by atoms with Gasteiger partial charge in [-0.25, -0.2) is 9.97 Å². The molecule has 0 bridgehead atoms. The molecule has 2 N–H and O–H groups in total. The van der Waals surface area contributed by atoms with Gasteiger partial charge in [0.2, 0.25) is 0 Å². The zero-order valence-corrected chi connectivity index (χ0v) is 11.6. The minimum atomic E-state index is 0.407. The third-order valence-corrected chi connectivity index (χ3v) is 4.54. The fraction of sp³-hybridized carbons (Fsp3) is 0.600. The van der Waals surface area contributed by atoms with Crippen LogP contribution < -0.4 is 5.32 Å². The molecule has 5 nitrogen and oxygen atoms in total. The van der Waals surface area contributed by atoms with Crippen molar-refractivity contribution >= 4 is 11.2 Å². The van der Waals surface area contributed by atoms with Crippen LogP contribution in [0.25, 0.3) is 11.2 Å². The number of H-pyrrole nitrogens is 1. The summed E-state index contributed by atoms with van der Waals surface area (Å²) in [6.07, 6.45) is 5.35. The van der Waals surface area contributed by atoms with E-state index in [-0.39, 0.29) is 0 Å². The standard InChI is InChI=1S/C15H20N4O/c1-5-16-6-2-10(1)12-3-7-17-15-13(12)18-14(19-15)11-4-8-20-9-11/h3,7,10-11,16H,1-2,4-6,8-9H2,(H,17,18,19). The first-order valence-corrected chi connectivity index (χ1v) is 7.55. The Morgan fingerprint density at radius 1 is 1.15 bits per heavy atom. The zero-order chi connectivity index (χ0) is 13.4. The quantitative estimate of drug-likeness (QED) is 0.877. The molecule has 1 atom stereocenters. The van der Waals surface area contributed by atoms with Gasteiger partial charge in [-0.2, -0.15) is 0 Å². The summed E-state index contributed by atoms with van der Waals surface area (Å²) in [6.45, 7) is 3.83. The Morgan fingerprint density at radius 2 is 2.05 bits per heavy atom. The predicted molar refractivity (Wildman–Crippen MR) is 76.9 cm³/mol. The van der Waals surface area contributed by atoms with Crippen LogP contribution in [-0.2, 0) is 4.74 Å². The summed E-state index contributed by atoms with van der Waals surface area (Å²) in [5.41, 5.74) is 3.39. The SMILES string of the molecule is c1cc(C2CCNCC2)c2[nH]c(C3CCOC3)nc2n1. The number of pyridine rings is 1. The first-order chi connectivity index (χ1) is 9.92. The molecule has 0 spiro atoms. The summed E-state index contributed by atoms with van der Waals surface area (Å²) < 4.78 is 5.47. The van der Waals surface area contributed by atoms with Crippen LogP contribution >= 0.6 is 0 Å². The maximum absolute atomic E-state index is 5.47. The smallest absolute Gasteiger partial charge is 0.177 e. The molecule has 2 aromatic rings. The van der Waals surface area contributed by atoms with Crippen LogP contribution in [0.4, 0.5) is 0 Å². The van der Waals surface area contributed by atoms with Gasteiger partial charge in [0.15, 0.2) is 5.65 Å². The molecule has 0 saturated carbocycles. The van der Waals surface area contributed by atoms with Crippen molar-refractivity contribution < 1.29 is 4.74 Å². The Balaban J connectivity index is 1.73. The number of piperidine rings is 1. The number of fused-ring (bicyclic) bond motifs is 1. The van der Waals surface area contributed by atoms with E-state index in [0.717, 1.165) is 49.7 Å². The third kappa shape index (κ3) is 2.11. The minimum Gasteiger partial charge on any atom is -0.381 e. The van der Waals surface area contributed by atoms with Crippen molar-refractivity contribution in [3.8, 4) is 0 Å². The molecule has 0 aliphatic carbocycles. The van der Waals surface area contributed by atoms with Gasteiger partial charge in [0.05, 0.1) is 12.1 Å². The number of aromatic nitrogens is 3. The van der Waals surface area contributed by atoms with Gasteiger partial charge < -0.3 is 15.0 Å². The summed E-state index contributed by atoms with van der Waals surface area (Å²) in [6, 6.07) is 2.16. The molecule has 2 aromatic heterocycles. The highest BCUT2D eigenvalue weighted by Gasteiger charge is 2.24. The fourth-order valence-electron chi connectivity index (χ4n) is 3.36. The van der Waals surface area contributed by atoms with Crippen molar-refractivity contribution in [1.29, 1.82) is 0 Å². The van der Waals surface area contributed by atoms with E-state index in [4.69, 9.17) is 4.74 Å². The molecule has 0 aromatic carbocycles. The van der Waals surface area contributed by atoms with Gasteiger partial charge in [0.1, 0.15) is 5.82 Å². The molecule has 0 radical (unpaired) electrons. The van der Waals surface area contributed by atoms with Crippen molar-refractivity contribution in [2.24, 2.45) is 0 Å². The van der Waals surface area contributed by atoms with Gasteiger partial charge in [-0.05, 0) is 49.9 Å². The Bertz CT molecular complexity index is 597. The number of nitrogens with one attached hydrogen (secondary N) is 2. The normalized spacial score (nSPS) is 24.5. The first kappa shape index (κ1) is 12.3. The molecule has 106 valence electrons. The van der Waals surface area contributed by atoms with E-state index in [0.29, 0.717) is 11.8 Å². The number of ether oxygens (including phenoxy) is 1. The number of imidazole rings is 1. The number of nitrogens with zero attached hydrogens (tertiary/aromatic N) is 2. The van der Waals surface area contributed by atoms with Gasteiger partial charge >= 0.3 is 0 Å². The van der Waals surface area contributed by atoms with Crippen molar-refractivity contribution in [2.45, 2.75) is 31.1 Å². The molecule has 2 saturated heterocycles. The summed E-state index contributed by atoms with van der Waals surface area (Å²) in [4.78, 5) is 12.6. The Kier molecular flexibility index (Phi) is 3.16. The predicted octanol–water partition coefficient (Wildman–Crippen LogP) is 1.93. The first-order valence-electron chi connectivity index (χ1n) is 7.55. The summed E-state index contributed by atoms with van der Waals surface area (Å²) in [5, 5.41) is 3.42. The van der Waals surface area contributed by atoms with E-state index in [9.17, 15) is 0 Å². The van der Waals surface area contributed by atoms with Crippen LogP contribution in [0.3, 0.4) is 0 Å². The van der Waals surface area contributed by atoms with Crippen LogP contribution in [0.1, 0.15) is 42.5 Å². The summed E-state index contributed by atoms with van der Waals surface area (Å²) >= 11 is 0. The lowest BCUT2D eigenvalue weighted by Crippen LogP contribution is -2.26. The van der Waals surface area contributed by atoms with E-state index in [1.54, 1.807) is 0 Å². The zero-order valence-electron chi connectivity index (χ0n) is 11.6. The van der Waals surface area contributed by atoms with Gasteiger partial charge in [-0.15, -0.1) is 0 Å². The van der Waals surface area contributed by atoms with E-state index in [2.05, 4.69) is 26.3 Å². The molecule has 4 heterocycles. The highest BCUT2D eigenvalue weighted by Crippen LogP contribution is 2.31. The number of hydrogen-bond donors (Lipinski definition) is 2. The van der Waals surface area contributed by atoms with Crippen molar-refractivity contribution in [3.05, 3.63) is 23.7 Å². The van der Waals surface area contributed by atoms with E-state index < -0.39 is 0 Å². The van der Waals surface area contributed by atoms with Crippen LogP contribution in [0.15, 0.2) is 12.3 Å². The topological polar surface area (TPSA) is 62.8 Å². The molecular formula is C15H20N4O. The molecule has 5 heteroatoms. The second kappa shape index (κ2) is 5.14. The molecule has 2 aliphatic heterocycles. The maximum atomic E-state index is 5.47. The van der Waals surface area contributed by atoms with E-state index in [1.807, 2.05) is 6.20 Å². The van der Waals surface area contributed by atoms with Crippen LogP contribution in [0.2, 0.25) is 0 Å². The highest BCUT2D eigenvalue weighted by molar-refractivity contribution is 5.75. The number of hydrogen-bond acceptors (Lipinski definition) is 4. The van der Waals surface area contributed by atoms with Gasteiger partial charge in [-0.3, -0.25) is 0 Å². The van der Waals surface area contributed by atoms with Crippen molar-refractivity contribution in [1.82, 2.24) is 20.3 Å². The van der Waals surface area contributed by atoms with Gasteiger partial charge in [-0.1, -0.05) is 0 Å². The largest absolute Gasteiger partial charge is 0.381 e. The molecule has 2 fully saturated rings. The molecular weight excluding hydrogens is 252 g/mol. The second-order valence-electron chi connectivity index (χ2n) is 5.81. The lowest BCUT2D eigenvalue weighted by Gasteiger charge is -2.23. The van der Waals surface area contributed by atoms with E-state index >= 15 is 0 Å². The van der Waals surface area contributed by atoms with Gasteiger partial charge in [0, 0.05) is 18.7 Å². The van der Waals surface area contributed by atoms with Crippen molar-refractivity contribution in [2.75, 3.05) is 26.3 Å². The van der Waals surface area contributed by atoms with Gasteiger partial charge in [0.25, 0.3) is 0 Å². The lowest BCUT2D eigenvalue weighted by atomic mass is 9.90. The second-order valence-corrected chi connectivity index (χ2v) is 5.81. The molecule has 0 amide bonds. The Labute approximate surface area is 118 Å². The minimum absolute atomic E-state index is 0.407. The highest BCUT2D eigenvalue weighted by atomic mass is 16.5. The monoisotopic (exact) mass is 272 g/mol.